The van der Waals surface area contributed by atoms with Gasteiger partial charge in [-0.1, -0.05) is 18.2 Å². The molecule has 172 valence electrons. The summed E-state index contributed by atoms with van der Waals surface area (Å²) >= 11 is 0. The average Bonchev–Trinajstić information content (AvgIpc) is 3.08. The second-order valence-corrected chi connectivity index (χ2v) is 9.53. The number of aliphatic carboxylic acids is 1. The number of carbonyl (C=O) groups is 1. The number of hydrogen-bond acceptors (Lipinski definition) is 2. The molecule has 4 rings (SSSR count). The van der Waals surface area contributed by atoms with E-state index in [4.69, 9.17) is 5.11 Å². The number of nitrogens with zero attached hydrogens (tertiary/aromatic N) is 1. The normalized spacial score (nSPS) is 21.6. The van der Waals surface area contributed by atoms with Gasteiger partial charge in [-0.05, 0) is 62.6 Å². The first-order valence-corrected chi connectivity index (χ1v) is 10.9. The smallest absolute Gasteiger partial charge is 0.328 e. The second kappa shape index (κ2) is 8.10. The Morgan fingerprint density at radius 2 is 1.94 bits per heavy atom. The van der Waals surface area contributed by atoms with Gasteiger partial charge in [-0.15, -0.1) is 0 Å². The SMILES string of the molecule is B[C@@]1(c2c(F)cc(/C=C/C(=O)O)cc2F)c2[nH]c3ccccc3c2C[C@@H](C)N1CC(C)(C)F. The van der Waals surface area contributed by atoms with Gasteiger partial charge >= 0.3 is 5.97 Å². The summed E-state index contributed by atoms with van der Waals surface area (Å²) in [5, 5.41) is 9.82. The number of hydrogen-bond donors (Lipinski definition) is 2. The van der Waals surface area contributed by atoms with Gasteiger partial charge in [0.15, 0.2) is 0 Å². The van der Waals surface area contributed by atoms with E-state index in [0.29, 0.717) is 12.1 Å². The van der Waals surface area contributed by atoms with Crippen molar-refractivity contribution >= 4 is 30.8 Å². The van der Waals surface area contributed by atoms with Crippen LogP contribution in [0.5, 0.6) is 0 Å². The van der Waals surface area contributed by atoms with E-state index in [1.54, 1.807) is 7.85 Å². The fraction of sp³-hybridized carbons (Fsp3) is 0.320. The molecule has 0 fully saturated rings. The molecule has 2 heterocycles. The second-order valence-electron chi connectivity index (χ2n) is 9.53. The molecule has 1 aromatic heterocycles. The number of H-pyrrole nitrogens is 1. The minimum Gasteiger partial charge on any atom is -0.478 e. The standard InChI is InChI=1S/C25H26BF3N2O2/c1-14-10-17-16-6-4-5-7-20(16)30-23(17)25(26,31(14)13-24(2,3)29)22-18(27)11-15(12-19(22)28)8-9-21(32)33/h4-9,11-12,14,30H,10,13,26H2,1-3H3,(H,32,33)/b9-8+/t14-,25-/m1/s1. The van der Waals surface area contributed by atoms with E-state index in [1.807, 2.05) is 36.1 Å². The number of benzene rings is 2. The lowest BCUT2D eigenvalue weighted by atomic mass is 9.63. The van der Waals surface area contributed by atoms with E-state index in [2.05, 4.69) is 4.98 Å². The molecule has 2 aromatic carbocycles. The highest BCUT2D eigenvalue weighted by Gasteiger charge is 2.49. The highest BCUT2D eigenvalue weighted by molar-refractivity contribution is 6.18. The number of carboxylic acids is 1. The number of para-hydroxylation sites is 1. The largest absolute Gasteiger partial charge is 0.478 e. The molecule has 2 atom stereocenters. The maximum absolute atomic E-state index is 15.6. The van der Waals surface area contributed by atoms with Crippen LogP contribution < -0.4 is 0 Å². The van der Waals surface area contributed by atoms with Gasteiger partial charge in [-0.3, -0.25) is 4.90 Å². The van der Waals surface area contributed by atoms with Crippen molar-refractivity contribution < 1.29 is 23.1 Å². The Kier molecular flexibility index (Phi) is 5.69. The van der Waals surface area contributed by atoms with Crippen molar-refractivity contribution in [1.82, 2.24) is 9.88 Å². The molecule has 2 N–H and O–H groups in total. The van der Waals surface area contributed by atoms with E-state index in [-0.39, 0.29) is 23.7 Å². The van der Waals surface area contributed by atoms with Gasteiger partial charge in [0.2, 0.25) is 0 Å². The first-order valence-electron chi connectivity index (χ1n) is 10.9. The summed E-state index contributed by atoms with van der Waals surface area (Å²) in [5.74, 6) is -2.85. The number of halogens is 3. The van der Waals surface area contributed by atoms with Crippen molar-refractivity contribution in [3.05, 3.63) is 76.5 Å². The maximum atomic E-state index is 15.6. The van der Waals surface area contributed by atoms with Gasteiger partial charge in [0.1, 0.15) is 25.1 Å². The van der Waals surface area contributed by atoms with Crippen molar-refractivity contribution in [2.24, 2.45) is 0 Å². The number of nitrogens with one attached hydrogen (secondary N) is 1. The molecule has 0 saturated heterocycles. The van der Waals surface area contributed by atoms with E-state index in [0.717, 1.165) is 40.8 Å². The van der Waals surface area contributed by atoms with Crippen molar-refractivity contribution in [1.29, 1.82) is 0 Å². The predicted molar refractivity (Wildman–Crippen MR) is 126 cm³/mol. The molecule has 1 aliphatic rings. The number of fused-ring (bicyclic) bond motifs is 3. The molecule has 1 aliphatic heterocycles. The van der Waals surface area contributed by atoms with Crippen LogP contribution in [0.2, 0.25) is 0 Å². The number of rotatable bonds is 5. The Bertz CT molecular complexity index is 1240. The quantitative estimate of drug-likeness (QED) is 0.445. The molecular weight excluding hydrogens is 428 g/mol. The minimum absolute atomic E-state index is 0.0287. The van der Waals surface area contributed by atoms with Crippen LogP contribution in [-0.4, -0.2) is 47.1 Å². The van der Waals surface area contributed by atoms with Crippen molar-refractivity contribution in [3.63, 3.8) is 0 Å². The first-order chi connectivity index (χ1) is 15.4. The minimum atomic E-state index is -1.60. The van der Waals surface area contributed by atoms with Gasteiger partial charge in [0.25, 0.3) is 0 Å². The van der Waals surface area contributed by atoms with E-state index < -0.39 is 28.7 Å². The zero-order chi connectivity index (χ0) is 24.1. The Morgan fingerprint density at radius 1 is 1.30 bits per heavy atom. The van der Waals surface area contributed by atoms with Crippen LogP contribution in [0, 0.1) is 11.6 Å². The van der Waals surface area contributed by atoms with Gasteiger partial charge in [-0.2, -0.15) is 0 Å². The van der Waals surface area contributed by atoms with Gasteiger partial charge in [0, 0.05) is 40.8 Å². The molecular formula is C25H26BF3N2O2. The lowest BCUT2D eigenvalue weighted by Gasteiger charge is -2.50. The van der Waals surface area contributed by atoms with Crippen LogP contribution in [-0.2, 0) is 16.7 Å². The van der Waals surface area contributed by atoms with Crippen LogP contribution in [0.25, 0.3) is 17.0 Å². The molecule has 4 nitrogen and oxygen atoms in total. The third kappa shape index (κ3) is 4.08. The molecule has 0 amide bonds. The van der Waals surface area contributed by atoms with Crippen molar-refractivity contribution in [2.75, 3.05) is 6.54 Å². The van der Waals surface area contributed by atoms with Crippen molar-refractivity contribution in [2.45, 2.75) is 44.3 Å². The summed E-state index contributed by atoms with van der Waals surface area (Å²) in [6.07, 6.45) is 2.57. The highest BCUT2D eigenvalue weighted by atomic mass is 19.1. The van der Waals surface area contributed by atoms with Gasteiger partial charge in [0.05, 0.1) is 5.44 Å². The number of alkyl halides is 1. The van der Waals surface area contributed by atoms with E-state index >= 15 is 8.78 Å². The Balaban J connectivity index is 1.99. The predicted octanol–water partition coefficient (Wildman–Crippen LogP) is 4.37. The Hall–Kier alpha value is -3.00. The summed E-state index contributed by atoms with van der Waals surface area (Å²) in [6, 6.07) is 9.72. The average molecular weight is 454 g/mol. The third-order valence-electron chi connectivity index (χ3n) is 6.42. The van der Waals surface area contributed by atoms with Crippen LogP contribution in [0.1, 0.15) is 43.2 Å². The summed E-state index contributed by atoms with van der Waals surface area (Å²) in [7, 11) is 1.72. The number of aromatic amines is 1. The molecule has 0 aliphatic carbocycles. The summed E-state index contributed by atoms with van der Waals surface area (Å²) in [4.78, 5) is 16.0. The van der Waals surface area contributed by atoms with E-state index in [9.17, 15) is 9.18 Å². The number of carboxylic acid groups (broad SMARTS) is 1. The number of aromatic nitrogens is 1. The zero-order valence-electron chi connectivity index (χ0n) is 19.0. The topological polar surface area (TPSA) is 56.3 Å². The van der Waals surface area contributed by atoms with Gasteiger partial charge in [-0.25, -0.2) is 18.0 Å². The van der Waals surface area contributed by atoms with Crippen LogP contribution in [0.3, 0.4) is 0 Å². The molecule has 0 saturated carbocycles. The zero-order valence-corrected chi connectivity index (χ0v) is 19.0. The molecule has 3 aromatic rings. The van der Waals surface area contributed by atoms with E-state index in [1.165, 1.54) is 13.8 Å². The first kappa shape index (κ1) is 23.2. The van der Waals surface area contributed by atoms with Gasteiger partial charge < -0.3 is 10.1 Å². The lowest BCUT2D eigenvalue weighted by Crippen LogP contribution is -2.59. The maximum Gasteiger partial charge on any atom is 0.328 e. The fourth-order valence-corrected chi connectivity index (χ4v) is 5.13. The lowest BCUT2D eigenvalue weighted by molar-refractivity contribution is -0.131. The fourth-order valence-electron chi connectivity index (χ4n) is 5.13. The molecule has 33 heavy (non-hydrogen) atoms. The molecule has 0 radical (unpaired) electrons. The molecule has 0 spiro atoms. The summed E-state index contributed by atoms with van der Waals surface area (Å²) in [5.41, 5.74) is -0.574. The summed E-state index contributed by atoms with van der Waals surface area (Å²) < 4.78 is 46.1. The van der Waals surface area contributed by atoms with Crippen LogP contribution in [0.15, 0.2) is 42.5 Å². The third-order valence-corrected chi connectivity index (χ3v) is 6.42. The summed E-state index contributed by atoms with van der Waals surface area (Å²) in [6.45, 7) is 4.81. The monoisotopic (exact) mass is 454 g/mol. The molecule has 8 heteroatoms. The van der Waals surface area contributed by atoms with Crippen LogP contribution in [0.4, 0.5) is 13.2 Å². The molecule has 0 unspecified atom stereocenters. The molecule has 0 bridgehead atoms. The Morgan fingerprint density at radius 3 is 2.55 bits per heavy atom. The van der Waals surface area contributed by atoms with Crippen LogP contribution >= 0.6 is 0 Å². The Labute approximate surface area is 191 Å². The highest BCUT2D eigenvalue weighted by Crippen LogP contribution is 2.46. The van der Waals surface area contributed by atoms with Crippen molar-refractivity contribution in [3.8, 4) is 0 Å².